The molecule has 0 N–H and O–H groups in total. The van der Waals surface area contributed by atoms with Crippen molar-refractivity contribution in [2.24, 2.45) is 11.8 Å². The average Bonchev–Trinajstić information content (AvgIpc) is 3.29. The van der Waals surface area contributed by atoms with E-state index in [1.165, 1.54) is 7.16 Å². The molecule has 62 heavy (non-hydrogen) atoms. The summed E-state index contributed by atoms with van der Waals surface area (Å²) in [5.74, 6) is -0.176. The van der Waals surface area contributed by atoms with Crippen LogP contribution in [0.1, 0.15) is 239 Å². The van der Waals surface area contributed by atoms with Crippen LogP contribution in [0.5, 0.6) is 0 Å². The zero-order valence-electron chi connectivity index (χ0n) is 41.6. The normalized spacial score (nSPS) is 15.4. The molecule has 2 aromatic carbocycles. The van der Waals surface area contributed by atoms with Gasteiger partial charge in [-0.05, 0) is 0 Å². The number of hydrogen-bond donors (Lipinski definition) is 0. The number of rotatable bonds is 32. The average molecular weight is 1070 g/mol. The molecule has 2 unspecified atom stereocenters. The van der Waals surface area contributed by atoms with Gasteiger partial charge in [0, 0.05) is 0 Å². The maximum atomic E-state index is 15.7. The monoisotopic (exact) mass is 1070 g/mol. The van der Waals surface area contributed by atoms with E-state index in [2.05, 4.69) is 81.4 Å². The first kappa shape index (κ1) is 53.2. The van der Waals surface area contributed by atoms with Crippen molar-refractivity contribution >= 4 is 78.3 Å². The molecule has 0 radical (unpaired) electrons. The number of imide groups is 2. The van der Waals surface area contributed by atoms with Gasteiger partial charge >= 0.3 is 391 Å². The van der Waals surface area contributed by atoms with Crippen LogP contribution in [0.2, 0.25) is 26.6 Å². The van der Waals surface area contributed by atoms with E-state index in [-0.39, 0.29) is 35.5 Å². The Hall–Kier alpha value is -1.42. The number of carbonyl (C=O) groups excluding carboxylic acids is 4. The molecule has 4 amide bonds. The zero-order valence-corrected chi connectivity index (χ0v) is 47.3. The minimum absolute atomic E-state index is 0.145. The van der Waals surface area contributed by atoms with E-state index in [9.17, 15) is 0 Å². The Morgan fingerprint density at radius 1 is 0.403 bits per heavy atom. The van der Waals surface area contributed by atoms with Crippen molar-refractivity contribution in [2.45, 2.75) is 224 Å². The molecule has 0 fully saturated rings. The number of unbranched alkanes of at least 4 members (excludes halogenated alkanes) is 8. The van der Waals surface area contributed by atoms with Crippen LogP contribution in [-0.2, 0) is 0 Å². The molecule has 2 atom stereocenters. The summed E-state index contributed by atoms with van der Waals surface area (Å²) in [5, 5.41) is 1.38. The third-order valence-corrected chi connectivity index (χ3v) is 46.7. The fraction of sp³-hybridized carbons (Fsp3) is 0.741. The third-order valence-electron chi connectivity index (χ3n) is 15.4. The van der Waals surface area contributed by atoms with E-state index < -0.39 is 36.8 Å². The predicted molar refractivity (Wildman–Crippen MR) is 270 cm³/mol. The van der Waals surface area contributed by atoms with Crippen molar-refractivity contribution < 1.29 is 19.2 Å². The number of benzene rings is 2. The van der Waals surface area contributed by atoms with Crippen LogP contribution in [-0.4, -0.2) is 83.3 Å². The fourth-order valence-corrected chi connectivity index (χ4v) is 44.8. The summed E-state index contributed by atoms with van der Waals surface area (Å²) in [5.41, 5.74) is 2.74. The second kappa shape index (κ2) is 26.1. The summed E-state index contributed by atoms with van der Waals surface area (Å²) in [6, 6.07) is 4.50. The Kier molecular flexibility index (Phi) is 22.4. The number of hydrogen-bond acceptors (Lipinski definition) is 4. The molecule has 6 nitrogen and oxygen atoms in total. The summed E-state index contributed by atoms with van der Waals surface area (Å²) < 4.78 is 9.28. The minimum atomic E-state index is -3.52. The van der Waals surface area contributed by atoms with Gasteiger partial charge in [-0.15, -0.1) is 0 Å². The summed E-state index contributed by atoms with van der Waals surface area (Å²) in [7, 11) is 0. The second-order valence-corrected chi connectivity index (χ2v) is 46.2. The molecule has 0 saturated carbocycles. The topological polar surface area (TPSA) is 74.8 Å². The van der Waals surface area contributed by atoms with Gasteiger partial charge in [-0.1, -0.05) is 0 Å². The Bertz CT molecular complexity index is 1630. The van der Waals surface area contributed by atoms with Gasteiger partial charge in [-0.2, -0.15) is 0 Å². The molecule has 2 aliphatic rings. The van der Waals surface area contributed by atoms with Crippen molar-refractivity contribution in [1.82, 2.24) is 9.80 Å². The van der Waals surface area contributed by atoms with E-state index in [1.54, 1.807) is 9.80 Å². The summed E-state index contributed by atoms with van der Waals surface area (Å²) in [4.78, 5) is 65.9. The Labute approximate surface area is 388 Å². The first-order valence-corrected chi connectivity index (χ1v) is 41.4. The summed E-state index contributed by atoms with van der Waals surface area (Å²) in [6.07, 6.45) is 21.5. The molecule has 0 spiro atoms. The van der Waals surface area contributed by atoms with E-state index in [0.717, 1.165) is 166 Å². The van der Waals surface area contributed by atoms with E-state index in [0.29, 0.717) is 35.0 Å². The molecule has 4 rings (SSSR count). The molecule has 0 aromatic heterocycles. The fourth-order valence-electron chi connectivity index (χ4n) is 11.3. The molecule has 0 bridgehead atoms. The first-order chi connectivity index (χ1) is 30.0. The van der Waals surface area contributed by atoms with Crippen molar-refractivity contribution in [3.63, 3.8) is 0 Å². The second-order valence-electron chi connectivity index (χ2n) is 19.9. The van der Waals surface area contributed by atoms with Crippen LogP contribution in [0, 0.1) is 11.8 Å². The number of carbonyl (C=O) groups is 4. The Balaban J connectivity index is 2.30. The molecule has 348 valence electrons. The maximum absolute atomic E-state index is 15.7. The van der Waals surface area contributed by atoms with Crippen LogP contribution < -0.4 is 7.16 Å². The van der Waals surface area contributed by atoms with Crippen LogP contribution in [0.3, 0.4) is 0 Å². The number of nitrogens with zero attached hydrogens (tertiary/aromatic N) is 2. The molecule has 2 aromatic rings. The van der Waals surface area contributed by atoms with Gasteiger partial charge < -0.3 is 0 Å². The van der Waals surface area contributed by atoms with Gasteiger partial charge in [0.25, 0.3) is 0 Å². The third kappa shape index (κ3) is 11.7. The van der Waals surface area contributed by atoms with Crippen molar-refractivity contribution in [3.05, 3.63) is 34.4 Å². The van der Waals surface area contributed by atoms with Gasteiger partial charge in [-0.3, -0.25) is 0 Å². The number of amides is 4. The Morgan fingerprint density at radius 3 is 0.919 bits per heavy atom. The summed E-state index contributed by atoms with van der Waals surface area (Å²) >= 11 is -7.05. The van der Waals surface area contributed by atoms with Crippen molar-refractivity contribution in [2.75, 3.05) is 13.1 Å². The van der Waals surface area contributed by atoms with Gasteiger partial charge in [0.1, 0.15) is 0 Å². The SMILES string of the molecule is CCCCC(CC)CN1C(=O)c2c[c]([Sn]([CH2]CCC)([CH2]CCC)[CH2]CCC)c3c4c(c[c]([Sn]([CH2]CCC)([CH2]CCC)[CH2]CCC)c(c24)C1=O)C(=O)N(CC(CC)CCCC)C3=O. The van der Waals surface area contributed by atoms with E-state index >= 15 is 19.2 Å². The van der Waals surface area contributed by atoms with Crippen LogP contribution >= 0.6 is 0 Å². The molecule has 2 aliphatic heterocycles. The molecule has 2 heterocycles. The van der Waals surface area contributed by atoms with Gasteiger partial charge in [-0.25, -0.2) is 0 Å². The van der Waals surface area contributed by atoms with Gasteiger partial charge in [0.15, 0.2) is 0 Å². The predicted octanol–water partition coefficient (Wildman–Crippen LogP) is 14.6. The standard InChI is InChI=1S/C30H36N2O4.6C4H9.2Sn/c1-5-9-11-19(7-3)17-31-27(33)21-13-15-23-26-24(16-14-22(25(21)26)28(31)34)30(36)32(29(23)35)18-20(8-4)12-10-6-2;6*1-3-4-2;;/h13,16,19-20H,5-12,17-18H2,1-4H3;6*1,3-4H2,2H3;;. The molecule has 8 heteroatoms. The summed E-state index contributed by atoms with van der Waals surface area (Å²) in [6.45, 7) is 23.4. The first-order valence-electron chi connectivity index (χ1n) is 26.4. The molecule has 0 saturated heterocycles. The Morgan fingerprint density at radius 2 is 0.677 bits per heavy atom. The van der Waals surface area contributed by atoms with Gasteiger partial charge in [0.05, 0.1) is 0 Å². The van der Waals surface area contributed by atoms with E-state index in [4.69, 9.17) is 0 Å². The van der Waals surface area contributed by atoms with Crippen LogP contribution in [0.15, 0.2) is 12.1 Å². The van der Waals surface area contributed by atoms with Crippen LogP contribution in [0.4, 0.5) is 0 Å². The van der Waals surface area contributed by atoms with Crippen molar-refractivity contribution in [1.29, 1.82) is 0 Å². The van der Waals surface area contributed by atoms with Crippen LogP contribution in [0.25, 0.3) is 10.8 Å². The zero-order chi connectivity index (χ0) is 45.5. The quantitative estimate of drug-likeness (QED) is 0.0540. The van der Waals surface area contributed by atoms with Crippen molar-refractivity contribution in [3.8, 4) is 0 Å². The molecular formula is C54H90N2O4Sn2. The molecule has 0 aliphatic carbocycles. The van der Waals surface area contributed by atoms with E-state index in [1.807, 2.05) is 0 Å². The molecular weight excluding hydrogens is 978 g/mol. The van der Waals surface area contributed by atoms with Gasteiger partial charge in [0.2, 0.25) is 0 Å².